The second kappa shape index (κ2) is 10.1. The van der Waals surface area contributed by atoms with Crippen LogP contribution in [0.5, 0.6) is 0 Å². The fraction of sp³-hybridized carbons (Fsp3) is 0.552. The fourth-order valence-electron chi connectivity index (χ4n) is 6.07. The van der Waals surface area contributed by atoms with Crippen molar-refractivity contribution in [2.45, 2.75) is 71.4 Å². The lowest BCUT2D eigenvalue weighted by molar-refractivity contribution is -0.280. The zero-order valence-electron chi connectivity index (χ0n) is 22.8. The minimum atomic E-state index is -5.16. The van der Waals surface area contributed by atoms with E-state index in [4.69, 9.17) is 18.6 Å². The number of rotatable bonds is 6. The number of methoxy groups -OCH3 is 1. The van der Waals surface area contributed by atoms with Crippen LogP contribution in [0.3, 0.4) is 0 Å². The third-order valence-electron chi connectivity index (χ3n) is 8.48. The molecule has 212 valence electrons. The van der Waals surface area contributed by atoms with E-state index in [9.17, 15) is 27.6 Å². The summed E-state index contributed by atoms with van der Waals surface area (Å²) in [7, 11) is 0.792. The van der Waals surface area contributed by atoms with Gasteiger partial charge in [-0.25, -0.2) is 4.79 Å². The molecule has 1 fully saturated rings. The molecule has 0 amide bonds. The Hall–Kier alpha value is -3.14. The van der Waals surface area contributed by atoms with Crippen molar-refractivity contribution in [3.63, 3.8) is 0 Å². The molecule has 1 aromatic heterocycles. The van der Waals surface area contributed by atoms with Gasteiger partial charge in [-0.1, -0.05) is 58.0 Å². The Labute approximate surface area is 225 Å². The summed E-state index contributed by atoms with van der Waals surface area (Å²) in [5.74, 6) is -4.50. The number of halogens is 3. The molecule has 2 aliphatic rings. The fourth-order valence-corrected chi connectivity index (χ4v) is 6.07. The highest BCUT2D eigenvalue weighted by Crippen LogP contribution is 2.60. The first kappa shape index (κ1) is 28.9. The number of aryl methyl sites for hydroxylation is 1. The van der Waals surface area contributed by atoms with Gasteiger partial charge in [-0.3, -0.25) is 9.59 Å². The summed E-state index contributed by atoms with van der Waals surface area (Å²) in [4.78, 5) is 40.2. The third kappa shape index (κ3) is 4.37. The lowest BCUT2D eigenvalue weighted by Crippen LogP contribution is -2.59. The van der Waals surface area contributed by atoms with E-state index in [0.717, 1.165) is 19.2 Å². The summed E-state index contributed by atoms with van der Waals surface area (Å²) in [6, 6.07) is 6.51. The summed E-state index contributed by atoms with van der Waals surface area (Å²) >= 11 is 0. The number of hydrogen-bond acceptors (Lipinski definition) is 7. The highest BCUT2D eigenvalue weighted by molar-refractivity contribution is 6.00. The SMILES string of the molecule is CO[C@@](C(=O)O[C@H]1CC[C@H](C)[C@@]2(C)[C@H](OC(=O)C(C)C)c3c(C)coc3C(=O)[C@@H]12)(c1ccccc1)C(F)(F)F. The molecule has 0 radical (unpaired) electrons. The lowest BCUT2D eigenvalue weighted by atomic mass is 9.52. The summed E-state index contributed by atoms with van der Waals surface area (Å²) in [6.07, 6.45) is -5.40. The second-order valence-electron chi connectivity index (χ2n) is 11.0. The molecule has 39 heavy (non-hydrogen) atoms. The van der Waals surface area contributed by atoms with Gasteiger partial charge < -0.3 is 18.6 Å². The highest BCUT2D eigenvalue weighted by Gasteiger charge is 2.67. The molecular formula is C29H33F3O7. The Morgan fingerprint density at radius 2 is 1.74 bits per heavy atom. The Bertz CT molecular complexity index is 1250. The lowest BCUT2D eigenvalue weighted by Gasteiger charge is -2.54. The predicted octanol–water partition coefficient (Wildman–Crippen LogP) is 6.09. The largest absolute Gasteiger partial charge is 0.460 e. The van der Waals surface area contributed by atoms with Crippen LogP contribution in [0.2, 0.25) is 0 Å². The summed E-state index contributed by atoms with van der Waals surface area (Å²) < 4.78 is 65.7. The average molecular weight is 551 g/mol. The van der Waals surface area contributed by atoms with E-state index in [2.05, 4.69) is 0 Å². The molecule has 2 aromatic rings. The van der Waals surface area contributed by atoms with Gasteiger partial charge in [0.05, 0.1) is 18.1 Å². The van der Waals surface area contributed by atoms with Gasteiger partial charge in [0.2, 0.25) is 5.78 Å². The Kier molecular flexibility index (Phi) is 7.48. The number of alkyl halides is 3. The molecule has 10 heteroatoms. The second-order valence-corrected chi connectivity index (χ2v) is 11.0. The van der Waals surface area contributed by atoms with Crippen LogP contribution in [0, 0.1) is 30.1 Å². The average Bonchev–Trinajstić information content (AvgIpc) is 3.25. The molecule has 1 aromatic carbocycles. The van der Waals surface area contributed by atoms with E-state index in [1.54, 1.807) is 27.7 Å². The smallest absolute Gasteiger partial charge is 0.432 e. The van der Waals surface area contributed by atoms with Crippen molar-refractivity contribution < 1.29 is 46.2 Å². The number of benzene rings is 1. The van der Waals surface area contributed by atoms with Crippen LogP contribution in [0.4, 0.5) is 13.2 Å². The number of furan rings is 1. The molecule has 0 bridgehead atoms. The van der Waals surface area contributed by atoms with Crippen LogP contribution < -0.4 is 0 Å². The number of carbonyl (C=O) groups is 3. The quantitative estimate of drug-likeness (QED) is 0.402. The van der Waals surface area contributed by atoms with E-state index >= 15 is 0 Å². The molecule has 0 spiro atoms. The van der Waals surface area contributed by atoms with Crippen LogP contribution >= 0.6 is 0 Å². The van der Waals surface area contributed by atoms with Crippen molar-refractivity contribution >= 4 is 17.7 Å². The molecular weight excluding hydrogens is 517 g/mol. The Morgan fingerprint density at radius 1 is 1.10 bits per heavy atom. The number of carbonyl (C=O) groups excluding carboxylic acids is 3. The van der Waals surface area contributed by atoms with Crippen LogP contribution in [-0.2, 0) is 29.4 Å². The van der Waals surface area contributed by atoms with Crippen molar-refractivity contribution in [3.05, 3.63) is 59.0 Å². The maximum atomic E-state index is 14.5. The van der Waals surface area contributed by atoms with Gasteiger partial charge in [0.15, 0.2) is 5.76 Å². The standard InChI is InChI=1S/C29H33F3O7/c1-15(2)25(34)39-24-20-16(3)14-37-23(20)22(33)21-19(13-12-17(4)27(21,24)5)38-26(35)28(36-6,29(30,31)32)18-10-8-7-9-11-18/h7-11,14-15,17,19,21,24H,12-13H2,1-6H3/t17-,19-,21+,24+,27+,28+/m0/s1. The van der Waals surface area contributed by atoms with Crippen molar-refractivity contribution in [2.75, 3.05) is 7.11 Å². The van der Waals surface area contributed by atoms with E-state index in [1.165, 1.54) is 24.5 Å². The molecule has 0 unspecified atom stereocenters. The first-order chi connectivity index (χ1) is 18.2. The molecule has 0 N–H and O–H groups in total. The van der Waals surface area contributed by atoms with Gasteiger partial charge in [-0.05, 0) is 31.2 Å². The monoisotopic (exact) mass is 550 g/mol. The minimum absolute atomic E-state index is 0.0384. The molecule has 6 atom stereocenters. The van der Waals surface area contributed by atoms with Crippen LogP contribution in [0.25, 0.3) is 0 Å². The molecule has 0 saturated heterocycles. The summed E-state index contributed by atoms with van der Waals surface area (Å²) in [6.45, 7) is 8.75. The molecule has 1 heterocycles. The van der Waals surface area contributed by atoms with Gasteiger partial charge in [0.25, 0.3) is 5.60 Å². The Balaban J connectivity index is 1.81. The number of hydrogen-bond donors (Lipinski definition) is 0. The summed E-state index contributed by atoms with van der Waals surface area (Å²) in [5.41, 5.74) is -3.88. The zero-order chi connectivity index (χ0) is 28.9. The molecule has 0 aliphatic heterocycles. The number of ketones is 1. The van der Waals surface area contributed by atoms with Gasteiger partial charge >= 0.3 is 18.1 Å². The number of ether oxygens (including phenoxy) is 3. The van der Waals surface area contributed by atoms with E-state index in [1.807, 2.05) is 6.92 Å². The molecule has 4 rings (SSSR count). The predicted molar refractivity (Wildman–Crippen MR) is 133 cm³/mol. The number of esters is 2. The zero-order valence-corrected chi connectivity index (χ0v) is 22.8. The van der Waals surface area contributed by atoms with Crippen molar-refractivity contribution in [2.24, 2.45) is 23.2 Å². The number of Topliss-reactive ketones (excluding diaryl/α,β-unsaturated/α-hetero) is 1. The third-order valence-corrected chi connectivity index (χ3v) is 8.48. The van der Waals surface area contributed by atoms with Crippen LogP contribution in [-0.4, -0.2) is 37.1 Å². The van der Waals surface area contributed by atoms with E-state index in [0.29, 0.717) is 17.5 Å². The Morgan fingerprint density at radius 3 is 2.31 bits per heavy atom. The molecule has 1 saturated carbocycles. The van der Waals surface area contributed by atoms with Crippen molar-refractivity contribution in [3.8, 4) is 0 Å². The molecule has 7 nitrogen and oxygen atoms in total. The van der Waals surface area contributed by atoms with Crippen LogP contribution in [0.1, 0.15) is 73.9 Å². The normalized spacial score (nSPS) is 28.3. The van der Waals surface area contributed by atoms with Crippen molar-refractivity contribution in [1.29, 1.82) is 0 Å². The van der Waals surface area contributed by atoms with Gasteiger partial charge in [0, 0.05) is 23.7 Å². The van der Waals surface area contributed by atoms with E-state index in [-0.39, 0.29) is 18.1 Å². The topological polar surface area (TPSA) is 92.0 Å². The van der Waals surface area contributed by atoms with Crippen LogP contribution in [0.15, 0.2) is 41.0 Å². The molecule has 2 aliphatic carbocycles. The highest BCUT2D eigenvalue weighted by atomic mass is 19.4. The van der Waals surface area contributed by atoms with E-state index < -0.39 is 64.5 Å². The first-order valence-corrected chi connectivity index (χ1v) is 12.9. The maximum Gasteiger partial charge on any atom is 0.432 e. The minimum Gasteiger partial charge on any atom is -0.460 e. The van der Waals surface area contributed by atoms with Gasteiger partial charge in [-0.2, -0.15) is 13.2 Å². The summed E-state index contributed by atoms with van der Waals surface area (Å²) in [5, 5.41) is 0. The number of fused-ring (bicyclic) bond motifs is 2. The maximum absolute atomic E-state index is 14.5. The van der Waals surface area contributed by atoms with Crippen molar-refractivity contribution in [1.82, 2.24) is 0 Å². The van der Waals surface area contributed by atoms with Gasteiger partial charge in [-0.15, -0.1) is 0 Å². The first-order valence-electron chi connectivity index (χ1n) is 12.9. The van der Waals surface area contributed by atoms with Gasteiger partial charge in [0.1, 0.15) is 12.2 Å².